The van der Waals surface area contributed by atoms with Gasteiger partial charge in [-0.15, -0.1) is 0 Å². The summed E-state index contributed by atoms with van der Waals surface area (Å²) in [6.07, 6.45) is 4.06. The molecular formula is C10H16N2O2. The number of likely N-dealkylation sites (N-methyl/N-ethyl adjacent to an activating group) is 1. The molecule has 1 aromatic heterocycles. The predicted molar refractivity (Wildman–Crippen MR) is 51.9 cm³/mol. The smallest absolute Gasteiger partial charge is 0.219 e. The number of hydrogen-bond donors (Lipinski definition) is 1. The quantitative estimate of drug-likeness (QED) is 0.766. The minimum Gasteiger partial charge on any atom is -0.446 e. The Morgan fingerprint density at radius 2 is 2.57 bits per heavy atom. The summed E-state index contributed by atoms with van der Waals surface area (Å²) in [5.74, 6) is 0.894. The van der Waals surface area contributed by atoms with Gasteiger partial charge in [-0.25, -0.2) is 4.98 Å². The van der Waals surface area contributed by atoms with Gasteiger partial charge in [-0.2, -0.15) is 0 Å². The first-order valence-electron chi connectivity index (χ1n) is 5.03. The number of nitrogens with zero attached hydrogens (tertiary/aromatic N) is 2. The Labute approximate surface area is 83.5 Å². The Morgan fingerprint density at radius 3 is 3.21 bits per heavy atom. The lowest BCUT2D eigenvalue weighted by atomic mass is 9.96. The molecular weight excluding hydrogens is 180 g/mol. The van der Waals surface area contributed by atoms with Gasteiger partial charge in [0.25, 0.3) is 0 Å². The topological polar surface area (TPSA) is 49.5 Å². The van der Waals surface area contributed by atoms with Gasteiger partial charge in [0.15, 0.2) is 0 Å². The van der Waals surface area contributed by atoms with E-state index in [4.69, 9.17) is 9.52 Å². The van der Waals surface area contributed by atoms with Crippen molar-refractivity contribution in [2.45, 2.75) is 25.4 Å². The van der Waals surface area contributed by atoms with Gasteiger partial charge in [0.2, 0.25) is 5.89 Å². The fourth-order valence-electron chi connectivity index (χ4n) is 1.99. The Balaban J connectivity index is 2.06. The van der Waals surface area contributed by atoms with Crippen LogP contribution in [0.15, 0.2) is 10.7 Å². The van der Waals surface area contributed by atoms with Crippen molar-refractivity contribution in [3.8, 4) is 0 Å². The highest BCUT2D eigenvalue weighted by atomic mass is 16.4. The van der Waals surface area contributed by atoms with Gasteiger partial charge < -0.3 is 14.4 Å². The monoisotopic (exact) mass is 196 g/mol. The first-order chi connectivity index (χ1) is 6.79. The molecule has 1 aliphatic heterocycles. The Kier molecular flexibility index (Phi) is 2.84. The van der Waals surface area contributed by atoms with Crippen molar-refractivity contribution in [3.63, 3.8) is 0 Å². The minimum absolute atomic E-state index is 0.109. The molecule has 0 bridgehead atoms. The molecule has 2 heterocycles. The van der Waals surface area contributed by atoms with Crippen LogP contribution in [0.25, 0.3) is 0 Å². The van der Waals surface area contributed by atoms with Gasteiger partial charge in [0.05, 0.1) is 5.69 Å². The largest absolute Gasteiger partial charge is 0.446 e. The summed E-state index contributed by atoms with van der Waals surface area (Å²) in [5, 5.41) is 8.83. The van der Waals surface area contributed by atoms with Crippen LogP contribution in [0.1, 0.15) is 30.3 Å². The van der Waals surface area contributed by atoms with Gasteiger partial charge >= 0.3 is 0 Å². The third-order valence-corrected chi connectivity index (χ3v) is 2.75. The molecule has 1 atom stereocenters. The number of aromatic nitrogens is 1. The number of aliphatic hydroxyl groups excluding tert-OH is 1. The van der Waals surface area contributed by atoms with Gasteiger partial charge in [-0.3, -0.25) is 0 Å². The highest BCUT2D eigenvalue weighted by molar-refractivity contribution is 5.06. The zero-order chi connectivity index (χ0) is 9.97. The van der Waals surface area contributed by atoms with E-state index in [-0.39, 0.29) is 6.61 Å². The van der Waals surface area contributed by atoms with Crippen LogP contribution in [0.2, 0.25) is 0 Å². The van der Waals surface area contributed by atoms with Crippen molar-refractivity contribution in [3.05, 3.63) is 17.8 Å². The van der Waals surface area contributed by atoms with E-state index in [1.165, 1.54) is 19.4 Å². The Morgan fingerprint density at radius 1 is 1.71 bits per heavy atom. The molecule has 1 unspecified atom stereocenters. The van der Waals surface area contributed by atoms with Crippen molar-refractivity contribution in [2.75, 3.05) is 20.1 Å². The Hall–Kier alpha value is -0.870. The van der Waals surface area contributed by atoms with Crippen LogP contribution >= 0.6 is 0 Å². The van der Waals surface area contributed by atoms with E-state index in [1.807, 2.05) is 0 Å². The fourth-order valence-corrected chi connectivity index (χ4v) is 1.99. The van der Waals surface area contributed by atoms with Gasteiger partial charge in [-0.1, -0.05) is 0 Å². The zero-order valence-electron chi connectivity index (χ0n) is 8.44. The second-order valence-corrected chi connectivity index (χ2v) is 3.93. The van der Waals surface area contributed by atoms with Gasteiger partial charge in [0.1, 0.15) is 12.9 Å². The highest BCUT2D eigenvalue weighted by Gasteiger charge is 2.21. The van der Waals surface area contributed by atoms with E-state index >= 15 is 0 Å². The molecule has 0 amide bonds. The van der Waals surface area contributed by atoms with Crippen molar-refractivity contribution in [1.82, 2.24) is 9.88 Å². The van der Waals surface area contributed by atoms with E-state index in [0.29, 0.717) is 11.8 Å². The lowest BCUT2D eigenvalue weighted by molar-refractivity contribution is 0.239. The summed E-state index contributed by atoms with van der Waals surface area (Å²) in [7, 11) is 2.12. The van der Waals surface area contributed by atoms with Crippen molar-refractivity contribution < 1.29 is 9.52 Å². The van der Waals surface area contributed by atoms with Crippen LogP contribution in [-0.2, 0) is 6.61 Å². The molecule has 1 saturated heterocycles. The number of likely N-dealkylation sites (tertiary alicyclic amines) is 1. The Bertz CT molecular complexity index is 298. The SMILES string of the molecule is CN1CCCC(c2coc(CO)n2)C1. The molecule has 1 aromatic rings. The standard InChI is InChI=1S/C10H16N2O2/c1-12-4-2-3-8(5-12)9-7-14-10(6-13)11-9/h7-8,13H,2-6H2,1H3. The normalized spacial score (nSPS) is 24.0. The first kappa shape index (κ1) is 9.68. The van der Waals surface area contributed by atoms with Crippen LogP contribution in [0.5, 0.6) is 0 Å². The average molecular weight is 196 g/mol. The maximum absolute atomic E-state index is 8.83. The van der Waals surface area contributed by atoms with Crippen LogP contribution in [0, 0.1) is 0 Å². The minimum atomic E-state index is -0.109. The molecule has 1 fully saturated rings. The van der Waals surface area contributed by atoms with Crippen molar-refractivity contribution >= 4 is 0 Å². The molecule has 2 rings (SSSR count). The fraction of sp³-hybridized carbons (Fsp3) is 0.700. The van der Waals surface area contributed by atoms with E-state index in [2.05, 4.69) is 16.9 Å². The molecule has 0 aliphatic carbocycles. The molecule has 0 radical (unpaired) electrons. The number of rotatable bonds is 2. The van der Waals surface area contributed by atoms with Crippen LogP contribution in [-0.4, -0.2) is 35.1 Å². The molecule has 0 saturated carbocycles. The number of aliphatic hydroxyl groups is 1. The third kappa shape index (κ3) is 1.96. The van der Waals surface area contributed by atoms with E-state index in [1.54, 1.807) is 6.26 Å². The van der Waals surface area contributed by atoms with E-state index < -0.39 is 0 Å². The molecule has 78 valence electrons. The van der Waals surface area contributed by atoms with Crippen molar-refractivity contribution in [2.24, 2.45) is 0 Å². The number of piperidine rings is 1. The van der Waals surface area contributed by atoms with E-state index in [9.17, 15) is 0 Å². The highest BCUT2D eigenvalue weighted by Crippen LogP contribution is 2.25. The summed E-state index contributed by atoms with van der Waals surface area (Å²) in [6, 6.07) is 0. The summed E-state index contributed by atoms with van der Waals surface area (Å²) in [4.78, 5) is 6.55. The second kappa shape index (κ2) is 4.11. The molecule has 4 heteroatoms. The first-order valence-corrected chi connectivity index (χ1v) is 5.03. The number of hydrogen-bond acceptors (Lipinski definition) is 4. The van der Waals surface area contributed by atoms with Crippen LogP contribution < -0.4 is 0 Å². The second-order valence-electron chi connectivity index (χ2n) is 3.93. The predicted octanol–water partition coefficient (Wildman–Crippen LogP) is 0.976. The molecule has 1 N–H and O–H groups in total. The molecule has 1 aliphatic rings. The lowest BCUT2D eigenvalue weighted by Crippen LogP contribution is -2.30. The molecule has 0 aromatic carbocycles. The maximum atomic E-state index is 8.83. The summed E-state index contributed by atoms with van der Waals surface area (Å²) < 4.78 is 5.12. The van der Waals surface area contributed by atoms with E-state index in [0.717, 1.165) is 12.2 Å². The molecule has 14 heavy (non-hydrogen) atoms. The number of oxazole rings is 1. The molecule has 4 nitrogen and oxygen atoms in total. The average Bonchev–Trinajstić information content (AvgIpc) is 2.66. The maximum Gasteiger partial charge on any atom is 0.219 e. The van der Waals surface area contributed by atoms with Gasteiger partial charge in [0, 0.05) is 12.5 Å². The van der Waals surface area contributed by atoms with Gasteiger partial charge in [-0.05, 0) is 26.4 Å². The summed E-state index contributed by atoms with van der Waals surface area (Å²) in [5.41, 5.74) is 0.987. The summed E-state index contributed by atoms with van der Waals surface area (Å²) in [6.45, 7) is 2.10. The molecule has 0 spiro atoms. The van der Waals surface area contributed by atoms with Crippen molar-refractivity contribution in [1.29, 1.82) is 0 Å². The van der Waals surface area contributed by atoms with Crippen LogP contribution in [0.3, 0.4) is 0 Å². The van der Waals surface area contributed by atoms with Crippen LogP contribution in [0.4, 0.5) is 0 Å². The third-order valence-electron chi connectivity index (χ3n) is 2.75. The lowest BCUT2D eigenvalue weighted by Gasteiger charge is -2.28. The summed E-state index contributed by atoms with van der Waals surface area (Å²) >= 11 is 0. The zero-order valence-corrected chi connectivity index (χ0v) is 8.44.